The van der Waals surface area contributed by atoms with Crippen molar-refractivity contribution >= 4 is 11.9 Å². The zero-order chi connectivity index (χ0) is 15.7. The van der Waals surface area contributed by atoms with E-state index in [4.69, 9.17) is 9.47 Å². The lowest BCUT2D eigenvalue weighted by Gasteiger charge is -2.24. The normalized spacial score (nSPS) is 22.2. The van der Waals surface area contributed by atoms with Crippen molar-refractivity contribution in [2.24, 2.45) is 4.99 Å². The summed E-state index contributed by atoms with van der Waals surface area (Å²) >= 11 is 0. The van der Waals surface area contributed by atoms with Crippen molar-refractivity contribution in [2.75, 3.05) is 54.1 Å². The topological polar surface area (TPSA) is 75.2 Å². The highest BCUT2D eigenvalue weighted by Gasteiger charge is 2.29. The first-order valence-electron chi connectivity index (χ1n) is 7.32. The summed E-state index contributed by atoms with van der Waals surface area (Å²) in [6.45, 7) is 4.90. The number of ether oxygens (including phenoxy) is 2. The van der Waals surface area contributed by atoms with Crippen molar-refractivity contribution < 1.29 is 14.3 Å². The molecule has 1 amide bonds. The van der Waals surface area contributed by atoms with Gasteiger partial charge in [-0.2, -0.15) is 0 Å². The number of methoxy groups -OCH3 is 1. The lowest BCUT2D eigenvalue weighted by molar-refractivity contribution is -0.127. The van der Waals surface area contributed by atoms with Crippen molar-refractivity contribution in [1.29, 1.82) is 0 Å². The number of carbonyl (C=O) groups is 1. The van der Waals surface area contributed by atoms with Crippen LogP contribution in [0.4, 0.5) is 0 Å². The summed E-state index contributed by atoms with van der Waals surface area (Å²) < 4.78 is 10.7. The number of guanidine groups is 1. The van der Waals surface area contributed by atoms with Crippen LogP contribution in [0, 0.1) is 0 Å². The number of hydrogen-bond acceptors (Lipinski definition) is 4. The van der Waals surface area contributed by atoms with E-state index in [1.807, 2.05) is 0 Å². The number of likely N-dealkylation sites (N-methyl/N-ethyl adjacent to an activating group) is 1. The Morgan fingerprint density at radius 3 is 2.76 bits per heavy atom. The van der Waals surface area contributed by atoms with Crippen molar-refractivity contribution in [3.8, 4) is 0 Å². The molecule has 122 valence electrons. The van der Waals surface area contributed by atoms with Crippen molar-refractivity contribution in [2.45, 2.75) is 25.4 Å². The van der Waals surface area contributed by atoms with Gasteiger partial charge in [0, 0.05) is 40.9 Å². The Balaban J connectivity index is 2.50. The van der Waals surface area contributed by atoms with E-state index in [1.54, 1.807) is 21.2 Å². The van der Waals surface area contributed by atoms with E-state index >= 15 is 0 Å². The fraction of sp³-hybridized carbons (Fsp3) is 0.857. The molecule has 1 aliphatic heterocycles. The molecule has 1 aliphatic rings. The van der Waals surface area contributed by atoms with Crippen LogP contribution in [0.3, 0.4) is 0 Å². The summed E-state index contributed by atoms with van der Waals surface area (Å²) in [5.41, 5.74) is -0.157. The first-order chi connectivity index (χ1) is 9.97. The minimum Gasteiger partial charge on any atom is -0.383 e. The lowest BCUT2D eigenvalue weighted by Crippen LogP contribution is -2.46. The molecule has 0 aromatic rings. The highest BCUT2D eigenvalue weighted by Crippen LogP contribution is 2.23. The molecule has 1 unspecified atom stereocenters. The SMILES string of the molecule is COCCNC(=NCC(=O)N(C)C)NCC1(C)CCCO1. The van der Waals surface area contributed by atoms with Gasteiger partial charge in [-0.25, -0.2) is 4.99 Å². The molecule has 0 spiro atoms. The van der Waals surface area contributed by atoms with E-state index in [9.17, 15) is 4.79 Å². The molecule has 0 aromatic heterocycles. The molecule has 0 radical (unpaired) electrons. The standard InChI is InChI=1S/C14H28N4O3/c1-14(6-5-8-21-14)11-17-13(15-7-9-20-4)16-10-12(19)18(2)3/h5-11H2,1-4H3,(H2,15,16,17). The fourth-order valence-corrected chi connectivity index (χ4v) is 1.98. The Morgan fingerprint density at radius 2 is 2.19 bits per heavy atom. The predicted octanol–water partition coefficient (Wildman–Crippen LogP) is -0.175. The molecular formula is C14H28N4O3. The highest BCUT2D eigenvalue weighted by molar-refractivity contribution is 5.84. The summed E-state index contributed by atoms with van der Waals surface area (Å²) in [5.74, 6) is 0.574. The Morgan fingerprint density at radius 1 is 1.43 bits per heavy atom. The highest BCUT2D eigenvalue weighted by atomic mass is 16.5. The minimum absolute atomic E-state index is 0.0360. The molecule has 7 heteroatoms. The second-order valence-electron chi connectivity index (χ2n) is 5.63. The Hall–Kier alpha value is -1.34. The van der Waals surface area contributed by atoms with Gasteiger partial charge in [0.1, 0.15) is 6.54 Å². The van der Waals surface area contributed by atoms with Gasteiger partial charge in [-0.1, -0.05) is 0 Å². The van der Waals surface area contributed by atoms with Gasteiger partial charge in [-0.15, -0.1) is 0 Å². The predicted molar refractivity (Wildman–Crippen MR) is 82.5 cm³/mol. The number of rotatable bonds is 7. The summed E-state index contributed by atoms with van der Waals surface area (Å²) in [6.07, 6.45) is 2.11. The number of nitrogens with one attached hydrogen (secondary N) is 2. The van der Waals surface area contributed by atoms with Crippen LogP contribution in [-0.2, 0) is 14.3 Å². The largest absolute Gasteiger partial charge is 0.383 e. The molecule has 1 atom stereocenters. The second kappa shape index (κ2) is 8.84. The summed E-state index contributed by atoms with van der Waals surface area (Å²) in [4.78, 5) is 17.4. The minimum atomic E-state index is -0.157. The maximum absolute atomic E-state index is 11.6. The van der Waals surface area contributed by atoms with Crippen LogP contribution in [0.15, 0.2) is 4.99 Å². The van der Waals surface area contributed by atoms with Gasteiger partial charge in [0.25, 0.3) is 0 Å². The third-order valence-electron chi connectivity index (χ3n) is 3.40. The summed E-state index contributed by atoms with van der Waals surface area (Å²) in [5, 5.41) is 6.39. The van der Waals surface area contributed by atoms with Gasteiger partial charge in [-0.05, 0) is 19.8 Å². The van der Waals surface area contributed by atoms with E-state index in [1.165, 1.54) is 4.90 Å². The van der Waals surface area contributed by atoms with Crippen LogP contribution < -0.4 is 10.6 Å². The third kappa shape index (κ3) is 6.77. The molecule has 0 bridgehead atoms. The third-order valence-corrected chi connectivity index (χ3v) is 3.40. The van der Waals surface area contributed by atoms with Crippen LogP contribution in [0.2, 0.25) is 0 Å². The van der Waals surface area contributed by atoms with Gasteiger partial charge in [0.2, 0.25) is 5.91 Å². The zero-order valence-electron chi connectivity index (χ0n) is 13.6. The number of carbonyl (C=O) groups excluding carboxylic acids is 1. The number of nitrogens with zero attached hydrogens (tertiary/aromatic N) is 2. The van der Waals surface area contributed by atoms with Gasteiger partial charge >= 0.3 is 0 Å². The number of hydrogen-bond donors (Lipinski definition) is 2. The van der Waals surface area contributed by atoms with Crippen LogP contribution in [0.5, 0.6) is 0 Å². The van der Waals surface area contributed by atoms with E-state index < -0.39 is 0 Å². The molecule has 0 aliphatic carbocycles. The van der Waals surface area contributed by atoms with E-state index in [0.717, 1.165) is 19.4 Å². The summed E-state index contributed by atoms with van der Waals surface area (Å²) in [7, 11) is 5.09. The molecule has 1 heterocycles. The lowest BCUT2D eigenvalue weighted by atomic mass is 10.0. The Labute approximate surface area is 127 Å². The number of aliphatic imine (C=N–C) groups is 1. The van der Waals surface area contributed by atoms with Gasteiger partial charge in [0.05, 0.1) is 12.2 Å². The molecule has 1 fully saturated rings. The molecule has 7 nitrogen and oxygen atoms in total. The van der Waals surface area contributed by atoms with Crippen molar-refractivity contribution in [1.82, 2.24) is 15.5 Å². The monoisotopic (exact) mass is 300 g/mol. The second-order valence-corrected chi connectivity index (χ2v) is 5.63. The Bertz CT molecular complexity index is 352. The zero-order valence-corrected chi connectivity index (χ0v) is 13.6. The fourth-order valence-electron chi connectivity index (χ4n) is 1.98. The molecule has 0 aromatic carbocycles. The van der Waals surface area contributed by atoms with Crippen LogP contribution in [-0.4, -0.2) is 76.4 Å². The smallest absolute Gasteiger partial charge is 0.243 e. The van der Waals surface area contributed by atoms with E-state index in [2.05, 4.69) is 22.5 Å². The average molecular weight is 300 g/mol. The molecule has 21 heavy (non-hydrogen) atoms. The molecule has 1 rings (SSSR count). The number of amides is 1. The maximum atomic E-state index is 11.6. The van der Waals surface area contributed by atoms with Crippen LogP contribution in [0.1, 0.15) is 19.8 Å². The Kier molecular flexibility index (Phi) is 7.45. The first-order valence-corrected chi connectivity index (χ1v) is 7.32. The van der Waals surface area contributed by atoms with E-state index in [-0.39, 0.29) is 18.1 Å². The molecule has 2 N–H and O–H groups in total. The van der Waals surface area contributed by atoms with Crippen molar-refractivity contribution in [3.05, 3.63) is 0 Å². The van der Waals surface area contributed by atoms with Crippen molar-refractivity contribution in [3.63, 3.8) is 0 Å². The van der Waals surface area contributed by atoms with Gasteiger partial charge in [0.15, 0.2) is 5.96 Å². The van der Waals surface area contributed by atoms with Gasteiger partial charge < -0.3 is 25.0 Å². The molecular weight excluding hydrogens is 272 g/mol. The molecule has 0 saturated carbocycles. The summed E-state index contributed by atoms with van der Waals surface area (Å²) in [6, 6.07) is 0. The van der Waals surface area contributed by atoms with Crippen LogP contribution in [0.25, 0.3) is 0 Å². The first kappa shape index (κ1) is 17.7. The van der Waals surface area contributed by atoms with E-state index in [0.29, 0.717) is 25.7 Å². The van der Waals surface area contributed by atoms with Gasteiger partial charge in [-0.3, -0.25) is 4.79 Å². The average Bonchev–Trinajstić information content (AvgIpc) is 2.88. The maximum Gasteiger partial charge on any atom is 0.243 e. The van der Waals surface area contributed by atoms with Crippen LogP contribution >= 0.6 is 0 Å². The quantitative estimate of drug-likeness (QED) is 0.388. The molecule has 1 saturated heterocycles.